The number of thiazole rings is 1. The number of nitrogens with one attached hydrogen (secondary N) is 1. The first-order chi connectivity index (χ1) is 20.0. The number of thiophene rings is 1. The van der Waals surface area contributed by atoms with Crippen LogP contribution in [-0.2, 0) is 27.2 Å². The van der Waals surface area contributed by atoms with Crippen molar-refractivity contribution in [2.75, 3.05) is 18.4 Å². The molecular weight excluding hydrogens is 585 g/mol. The van der Waals surface area contributed by atoms with Crippen LogP contribution in [0.5, 0.6) is 0 Å². The largest absolute Gasteiger partial charge is 0.444 e. The summed E-state index contributed by atoms with van der Waals surface area (Å²) in [4.78, 5) is 48.5. The summed E-state index contributed by atoms with van der Waals surface area (Å²) in [5, 5.41) is 4.69. The fourth-order valence-corrected chi connectivity index (χ4v) is 7.16. The number of amides is 3. The molecule has 11 heteroatoms. The first kappa shape index (κ1) is 32.7. The van der Waals surface area contributed by atoms with E-state index in [0.29, 0.717) is 24.5 Å². The lowest BCUT2D eigenvalue weighted by Crippen LogP contribution is -2.43. The van der Waals surface area contributed by atoms with Crippen molar-refractivity contribution in [1.29, 1.82) is 0 Å². The van der Waals surface area contributed by atoms with Crippen molar-refractivity contribution in [3.8, 4) is 10.6 Å². The van der Waals surface area contributed by atoms with Gasteiger partial charge in [0.15, 0.2) is 0 Å². The number of fused-ring (bicyclic) bond motifs is 2. The number of ether oxygens (including phenoxy) is 2. The summed E-state index contributed by atoms with van der Waals surface area (Å²) >= 11 is 3.07. The third-order valence-electron chi connectivity index (χ3n) is 7.05. The Labute approximate surface area is 262 Å². The molecule has 0 saturated heterocycles. The van der Waals surface area contributed by atoms with Gasteiger partial charge >= 0.3 is 12.2 Å². The van der Waals surface area contributed by atoms with Crippen LogP contribution in [0.15, 0.2) is 18.2 Å². The highest BCUT2D eigenvalue weighted by atomic mass is 32.1. The molecule has 4 rings (SSSR count). The Balaban J connectivity index is 1.61. The molecule has 1 atom stereocenters. The molecule has 0 spiro atoms. The van der Waals surface area contributed by atoms with Crippen molar-refractivity contribution >= 4 is 56.0 Å². The molecule has 0 radical (unpaired) electrons. The average Bonchev–Trinajstić information content (AvgIpc) is 3.45. The predicted molar refractivity (Wildman–Crippen MR) is 174 cm³/mol. The zero-order valence-electron chi connectivity index (χ0n) is 26.8. The summed E-state index contributed by atoms with van der Waals surface area (Å²) in [7, 11) is 0. The fourth-order valence-electron chi connectivity index (χ4n) is 4.79. The van der Waals surface area contributed by atoms with E-state index in [4.69, 9.17) is 14.5 Å². The summed E-state index contributed by atoms with van der Waals surface area (Å²) in [5.74, 6) is -0.197. The van der Waals surface area contributed by atoms with Crippen molar-refractivity contribution in [2.24, 2.45) is 0 Å². The van der Waals surface area contributed by atoms with Gasteiger partial charge in [0.25, 0.3) is 0 Å². The molecule has 0 fully saturated rings. The van der Waals surface area contributed by atoms with Gasteiger partial charge in [-0.25, -0.2) is 14.6 Å². The molecule has 3 amide bonds. The van der Waals surface area contributed by atoms with Crippen LogP contribution in [-0.4, -0.2) is 63.2 Å². The van der Waals surface area contributed by atoms with Crippen molar-refractivity contribution in [2.45, 2.75) is 105 Å². The van der Waals surface area contributed by atoms with Gasteiger partial charge in [-0.2, -0.15) is 0 Å². The van der Waals surface area contributed by atoms with Gasteiger partial charge < -0.3 is 24.6 Å². The normalized spacial score (nSPS) is 14.3. The number of carbonyl (C=O) groups is 3. The minimum atomic E-state index is -0.626. The molecule has 3 aromatic rings. The molecule has 234 valence electrons. The number of carbonyl (C=O) groups excluding carboxylic acids is 3. The van der Waals surface area contributed by atoms with Crippen LogP contribution in [0.3, 0.4) is 0 Å². The third kappa shape index (κ3) is 8.26. The van der Waals surface area contributed by atoms with Crippen molar-refractivity contribution < 1.29 is 23.9 Å². The van der Waals surface area contributed by atoms with Crippen LogP contribution in [0.4, 0.5) is 14.6 Å². The maximum Gasteiger partial charge on any atom is 0.410 e. The van der Waals surface area contributed by atoms with Crippen LogP contribution >= 0.6 is 22.7 Å². The van der Waals surface area contributed by atoms with Crippen LogP contribution in [0.25, 0.3) is 20.8 Å². The molecule has 0 bridgehead atoms. The molecule has 1 aromatic carbocycles. The Kier molecular flexibility index (Phi) is 9.76. The number of rotatable bonds is 7. The average molecular weight is 629 g/mol. The van der Waals surface area contributed by atoms with Gasteiger partial charge in [0.2, 0.25) is 5.91 Å². The van der Waals surface area contributed by atoms with E-state index in [2.05, 4.69) is 23.5 Å². The van der Waals surface area contributed by atoms with Gasteiger partial charge in [0.05, 0.1) is 16.8 Å². The lowest BCUT2D eigenvalue weighted by Gasteiger charge is -2.31. The number of hydrogen-bond donors (Lipinski definition) is 1. The minimum absolute atomic E-state index is 0.0719. The van der Waals surface area contributed by atoms with Crippen molar-refractivity contribution in [3.05, 3.63) is 34.2 Å². The van der Waals surface area contributed by atoms with Gasteiger partial charge in [-0.1, -0.05) is 13.0 Å². The van der Waals surface area contributed by atoms with E-state index in [9.17, 15) is 14.4 Å². The Morgan fingerprint density at radius 2 is 1.79 bits per heavy atom. The highest BCUT2D eigenvalue weighted by molar-refractivity contribution is 7.23. The topological polar surface area (TPSA) is 101 Å². The summed E-state index contributed by atoms with van der Waals surface area (Å²) in [6.07, 6.45) is 0.726. The van der Waals surface area contributed by atoms with Crippen LogP contribution in [0.2, 0.25) is 0 Å². The smallest absolute Gasteiger partial charge is 0.410 e. The molecule has 9 nitrogen and oxygen atoms in total. The molecule has 1 unspecified atom stereocenters. The second-order valence-corrected chi connectivity index (χ2v) is 15.2. The number of hydrogen-bond acceptors (Lipinski definition) is 8. The van der Waals surface area contributed by atoms with Crippen LogP contribution < -0.4 is 5.32 Å². The van der Waals surface area contributed by atoms with Crippen molar-refractivity contribution in [1.82, 2.24) is 14.8 Å². The lowest BCUT2D eigenvalue weighted by molar-refractivity contribution is -0.116. The Hall–Kier alpha value is -3.18. The molecule has 1 aliphatic rings. The number of anilines is 1. The predicted octanol–water partition coefficient (Wildman–Crippen LogP) is 7.99. The van der Waals surface area contributed by atoms with Crippen molar-refractivity contribution in [3.63, 3.8) is 0 Å². The van der Waals surface area contributed by atoms with E-state index in [1.807, 2.05) is 62.3 Å². The number of aromatic nitrogens is 1. The molecule has 3 heterocycles. The Morgan fingerprint density at radius 1 is 1.09 bits per heavy atom. The van der Waals surface area contributed by atoms with Gasteiger partial charge in [-0.3, -0.25) is 4.79 Å². The zero-order chi connectivity index (χ0) is 31.7. The molecule has 1 N–H and O–H groups in total. The van der Waals surface area contributed by atoms with E-state index in [-0.39, 0.29) is 31.0 Å². The molecular formula is C32H44N4O5S2. The number of aryl methyl sites for hydroxylation is 1. The van der Waals surface area contributed by atoms with Gasteiger partial charge in [-0.15, -0.1) is 22.7 Å². The second-order valence-electron chi connectivity index (χ2n) is 13.1. The Morgan fingerprint density at radius 3 is 2.44 bits per heavy atom. The van der Waals surface area contributed by atoms with E-state index in [1.165, 1.54) is 11.3 Å². The fraction of sp³-hybridized carbons (Fsp3) is 0.562. The molecule has 0 saturated carbocycles. The van der Waals surface area contributed by atoms with Crippen LogP contribution in [0.1, 0.15) is 84.2 Å². The molecule has 2 aromatic heterocycles. The summed E-state index contributed by atoms with van der Waals surface area (Å²) in [6.45, 7) is 18.2. The van der Waals surface area contributed by atoms with Gasteiger partial charge in [0, 0.05) is 36.0 Å². The lowest BCUT2D eigenvalue weighted by atomic mass is 10.0. The quantitative estimate of drug-likeness (QED) is 0.285. The summed E-state index contributed by atoms with van der Waals surface area (Å²) < 4.78 is 12.3. The van der Waals surface area contributed by atoms with Gasteiger partial charge in [0.1, 0.15) is 21.2 Å². The third-order valence-corrected chi connectivity index (χ3v) is 9.24. The van der Waals surface area contributed by atoms with E-state index < -0.39 is 17.3 Å². The summed E-state index contributed by atoms with van der Waals surface area (Å²) in [6, 6.07) is 6.14. The highest BCUT2D eigenvalue weighted by Gasteiger charge is 2.32. The molecule has 43 heavy (non-hydrogen) atoms. The minimum Gasteiger partial charge on any atom is -0.444 e. The van der Waals surface area contributed by atoms with E-state index >= 15 is 0 Å². The van der Waals surface area contributed by atoms with Gasteiger partial charge in [-0.05, 0) is 91.5 Å². The monoisotopic (exact) mass is 628 g/mol. The first-order valence-corrected chi connectivity index (χ1v) is 16.5. The molecule has 0 aliphatic carbocycles. The maximum absolute atomic E-state index is 13.4. The number of benzene rings is 1. The van der Waals surface area contributed by atoms with Crippen LogP contribution in [0, 0.1) is 6.92 Å². The SMILES string of the molecule is CCC(C)N(CCC(=O)Nc1sc2c(c1-c1nc3cc(C)ccc3s1)CCN(C(=O)OC(C)(C)C)C2)C(=O)OC(C)(C)C. The highest BCUT2D eigenvalue weighted by Crippen LogP contribution is 2.46. The zero-order valence-corrected chi connectivity index (χ0v) is 28.4. The van der Waals surface area contributed by atoms with E-state index in [1.54, 1.807) is 21.1 Å². The van der Waals surface area contributed by atoms with E-state index in [0.717, 1.165) is 43.2 Å². The standard InChI is InChI=1S/C32H44N4O5S2/c1-10-20(3)36(30(39)41-32(7,8)9)16-14-25(37)34-28-26(27-33-22-17-19(2)11-12-23(22)42-27)21-13-15-35(18-24(21)43-28)29(38)40-31(4,5)6/h11-12,17,20H,10,13-16,18H2,1-9H3,(H,34,37). The number of nitrogens with zero attached hydrogens (tertiary/aromatic N) is 3. The maximum atomic E-state index is 13.4. The Bertz CT molecular complexity index is 1500. The first-order valence-electron chi connectivity index (χ1n) is 14.8. The summed E-state index contributed by atoms with van der Waals surface area (Å²) in [5.41, 5.74) is 2.87. The molecule has 1 aliphatic heterocycles. The second kappa shape index (κ2) is 12.8.